The molecule has 2 aliphatic rings. The Balaban J connectivity index is 1.87. The summed E-state index contributed by atoms with van der Waals surface area (Å²) >= 11 is 1.88. The molecule has 0 spiro atoms. The van der Waals surface area contributed by atoms with Gasteiger partial charge in [0.15, 0.2) is 0 Å². The molecule has 1 aromatic rings. The molecular formula is C11H15NS. The number of thiazole rings is 1. The molecule has 0 aliphatic heterocycles. The van der Waals surface area contributed by atoms with E-state index < -0.39 is 0 Å². The van der Waals surface area contributed by atoms with Gasteiger partial charge in [-0.25, -0.2) is 4.98 Å². The van der Waals surface area contributed by atoms with Gasteiger partial charge in [0.1, 0.15) is 0 Å². The average molecular weight is 193 g/mol. The molecule has 2 unspecified atom stereocenters. The summed E-state index contributed by atoms with van der Waals surface area (Å²) in [7, 11) is 0. The van der Waals surface area contributed by atoms with Gasteiger partial charge in [0.05, 0.1) is 5.01 Å². The van der Waals surface area contributed by atoms with Crippen LogP contribution >= 0.6 is 11.3 Å². The maximum atomic E-state index is 4.63. The van der Waals surface area contributed by atoms with Crippen molar-refractivity contribution < 1.29 is 0 Å². The fraction of sp³-hybridized carbons (Fsp3) is 0.727. The summed E-state index contributed by atoms with van der Waals surface area (Å²) in [5.41, 5.74) is 1.21. The zero-order valence-electron chi connectivity index (χ0n) is 7.99. The number of aromatic nitrogens is 1. The van der Waals surface area contributed by atoms with Crippen LogP contribution in [0.3, 0.4) is 0 Å². The maximum absolute atomic E-state index is 4.63. The minimum absolute atomic E-state index is 0.831. The van der Waals surface area contributed by atoms with Crippen LogP contribution < -0.4 is 0 Å². The van der Waals surface area contributed by atoms with Crippen LogP contribution in [0.25, 0.3) is 0 Å². The quantitative estimate of drug-likeness (QED) is 0.666. The third-order valence-corrected chi connectivity index (χ3v) is 4.79. The molecule has 0 saturated heterocycles. The molecule has 0 aromatic carbocycles. The van der Waals surface area contributed by atoms with Crippen LogP contribution in [0.2, 0.25) is 0 Å². The Morgan fingerprint density at radius 2 is 2.31 bits per heavy atom. The molecule has 0 amide bonds. The van der Waals surface area contributed by atoms with Crippen LogP contribution in [0.5, 0.6) is 0 Å². The maximum Gasteiger partial charge on any atom is 0.0961 e. The van der Waals surface area contributed by atoms with Gasteiger partial charge < -0.3 is 0 Å². The van der Waals surface area contributed by atoms with E-state index in [-0.39, 0.29) is 0 Å². The minimum atomic E-state index is 0.831. The Morgan fingerprint density at radius 3 is 2.85 bits per heavy atom. The molecule has 3 atom stereocenters. The predicted octanol–water partition coefficient (Wildman–Crippen LogP) is 3.36. The van der Waals surface area contributed by atoms with Crippen LogP contribution in [0, 0.1) is 18.8 Å². The summed E-state index contributed by atoms with van der Waals surface area (Å²) in [5.74, 6) is 2.85. The van der Waals surface area contributed by atoms with Crippen LogP contribution in [0.4, 0.5) is 0 Å². The number of hydrogen-bond donors (Lipinski definition) is 0. The van der Waals surface area contributed by atoms with E-state index in [2.05, 4.69) is 17.3 Å². The van der Waals surface area contributed by atoms with E-state index >= 15 is 0 Å². The lowest BCUT2D eigenvalue weighted by molar-refractivity contribution is 0.418. The van der Waals surface area contributed by atoms with Crippen molar-refractivity contribution in [2.24, 2.45) is 11.8 Å². The molecule has 0 radical (unpaired) electrons. The summed E-state index contributed by atoms with van der Waals surface area (Å²) in [5, 5.41) is 3.62. The fourth-order valence-electron chi connectivity index (χ4n) is 3.09. The minimum Gasteiger partial charge on any atom is -0.246 e. The van der Waals surface area contributed by atoms with Gasteiger partial charge in [0, 0.05) is 17.0 Å². The molecule has 1 aromatic heterocycles. The zero-order valence-corrected chi connectivity index (χ0v) is 8.81. The molecule has 70 valence electrons. The largest absolute Gasteiger partial charge is 0.246 e. The third kappa shape index (κ3) is 1.23. The molecule has 13 heavy (non-hydrogen) atoms. The lowest BCUT2D eigenvalue weighted by atomic mass is 9.89. The number of nitrogens with zero attached hydrogens (tertiary/aromatic N) is 1. The summed E-state index contributed by atoms with van der Waals surface area (Å²) < 4.78 is 0. The Labute approximate surface area is 83.2 Å². The third-order valence-electron chi connectivity index (χ3n) is 3.69. The summed E-state index contributed by atoms with van der Waals surface area (Å²) in [4.78, 5) is 4.63. The van der Waals surface area contributed by atoms with Crippen LogP contribution in [-0.4, -0.2) is 4.98 Å². The first-order valence-electron chi connectivity index (χ1n) is 5.25. The van der Waals surface area contributed by atoms with Crippen molar-refractivity contribution >= 4 is 11.3 Å². The molecule has 2 saturated carbocycles. The average Bonchev–Trinajstić information content (AvgIpc) is 2.77. The van der Waals surface area contributed by atoms with Crippen LogP contribution in [0.1, 0.15) is 42.3 Å². The summed E-state index contributed by atoms with van der Waals surface area (Å²) in [6.45, 7) is 2.10. The van der Waals surface area contributed by atoms with Crippen molar-refractivity contribution in [2.45, 2.75) is 38.5 Å². The summed E-state index contributed by atoms with van der Waals surface area (Å²) in [6.07, 6.45) is 5.88. The van der Waals surface area contributed by atoms with E-state index in [1.54, 1.807) is 0 Å². The second-order valence-corrected chi connectivity index (χ2v) is 5.50. The number of aryl methyl sites for hydroxylation is 1. The molecule has 3 rings (SSSR count). The van der Waals surface area contributed by atoms with Gasteiger partial charge in [0.25, 0.3) is 0 Å². The van der Waals surface area contributed by atoms with Crippen molar-refractivity contribution in [1.29, 1.82) is 0 Å². The van der Waals surface area contributed by atoms with E-state index in [9.17, 15) is 0 Å². The van der Waals surface area contributed by atoms with E-state index in [1.807, 2.05) is 11.3 Å². The molecule has 1 heterocycles. The lowest BCUT2D eigenvalue weighted by Crippen LogP contribution is -2.07. The topological polar surface area (TPSA) is 12.9 Å². The first-order valence-corrected chi connectivity index (χ1v) is 6.13. The molecule has 2 heteroatoms. The van der Waals surface area contributed by atoms with Gasteiger partial charge in [-0.2, -0.15) is 0 Å². The number of rotatable bonds is 1. The molecule has 2 fully saturated rings. The fourth-order valence-corrected chi connectivity index (χ4v) is 4.09. The monoisotopic (exact) mass is 193 g/mol. The highest BCUT2D eigenvalue weighted by Crippen LogP contribution is 2.53. The Hall–Kier alpha value is -0.370. The second-order valence-electron chi connectivity index (χ2n) is 4.61. The SMILES string of the molecule is Cc1csc(C2CC3CC[C@@H]2C3)n1. The highest BCUT2D eigenvalue weighted by Gasteiger charge is 2.41. The molecule has 2 aliphatic carbocycles. The van der Waals surface area contributed by atoms with Crippen molar-refractivity contribution in [3.63, 3.8) is 0 Å². The van der Waals surface area contributed by atoms with E-state index in [0.29, 0.717) is 0 Å². The predicted molar refractivity (Wildman–Crippen MR) is 55.0 cm³/mol. The van der Waals surface area contributed by atoms with Crippen molar-refractivity contribution in [3.8, 4) is 0 Å². The standard InChI is InChI=1S/C11H15NS/c1-7-6-13-11(12-7)10-5-8-2-3-9(10)4-8/h6,8-10H,2-5H2,1H3/t8?,9-,10?/m1/s1. The van der Waals surface area contributed by atoms with Crippen LogP contribution in [0.15, 0.2) is 5.38 Å². The smallest absolute Gasteiger partial charge is 0.0961 e. The number of hydrogen-bond acceptors (Lipinski definition) is 2. The Morgan fingerprint density at radius 1 is 1.38 bits per heavy atom. The van der Waals surface area contributed by atoms with Gasteiger partial charge in [-0.15, -0.1) is 11.3 Å². The number of fused-ring (bicyclic) bond motifs is 2. The highest BCUT2D eigenvalue weighted by atomic mass is 32.1. The van der Waals surface area contributed by atoms with Gasteiger partial charge in [0.2, 0.25) is 0 Å². The summed E-state index contributed by atoms with van der Waals surface area (Å²) in [6, 6.07) is 0. The zero-order chi connectivity index (χ0) is 8.84. The highest BCUT2D eigenvalue weighted by molar-refractivity contribution is 7.09. The van der Waals surface area contributed by atoms with Gasteiger partial charge in [-0.05, 0) is 38.0 Å². The van der Waals surface area contributed by atoms with Crippen molar-refractivity contribution in [1.82, 2.24) is 4.98 Å². The van der Waals surface area contributed by atoms with Gasteiger partial charge >= 0.3 is 0 Å². The molecule has 2 bridgehead atoms. The molecule has 1 nitrogen and oxygen atoms in total. The van der Waals surface area contributed by atoms with E-state index in [1.165, 1.54) is 36.4 Å². The molecular weight excluding hydrogens is 178 g/mol. The lowest BCUT2D eigenvalue weighted by Gasteiger charge is -2.18. The Bertz CT molecular complexity index is 318. The van der Waals surface area contributed by atoms with E-state index in [0.717, 1.165) is 17.8 Å². The first-order chi connectivity index (χ1) is 6.33. The van der Waals surface area contributed by atoms with Gasteiger partial charge in [-0.1, -0.05) is 6.42 Å². The van der Waals surface area contributed by atoms with E-state index in [4.69, 9.17) is 0 Å². The normalized spacial score (nSPS) is 37.2. The van der Waals surface area contributed by atoms with Crippen LogP contribution in [-0.2, 0) is 0 Å². The van der Waals surface area contributed by atoms with Crippen molar-refractivity contribution in [3.05, 3.63) is 16.1 Å². The molecule has 0 N–H and O–H groups in total. The van der Waals surface area contributed by atoms with Crippen molar-refractivity contribution in [2.75, 3.05) is 0 Å². The first kappa shape index (κ1) is 7.98. The van der Waals surface area contributed by atoms with Gasteiger partial charge in [-0.3, -0.25) is 0 Å². The Kier molecular flexibility index (Phi) is 1.72. The second kappa shape index (κ2) is 2.81.